The van der Waals surface area contributed by atoms with E-state index in [4.69, 9.17) is 4.74 Å². The number of anilines is 5. The average molecular weight is 562 g/mol. The van der Waals surface area contributed by atoms with Crippen molar-refractivity contribution >= 4 is 39.7 Å². The van der Waals surface area contributed by atoms with Crippen LogP contribution >= 0.6 is 0 Å². The SMILES string of the molecule is Cc1cccc2c1NCCN2c1cc2cnc(Nc3ccc(OCCN(C)C)cc3)nc2n(C2CC(F)(F)C2)c1=O. The average Bonchev–Trinajstić information content (AvgIpc) is 2.92. The van der Waals surface area contributed by atoms with Crippen molar-refractivity contribution < 1.29 is 13.5 Å². The first-order chi connectivity index (χ1) is 19.7. The zero-order valence-electron chi connectivity index (χ0n) is 23.3. The van der Waals surface area contributed by atoms with Crippen molar-refractivity contribution in [3.05, 3.63) is 70.6 Å². The number of fused-ring (bicyclic) bond motifs is 2. The second-order valence-corrected chi connectivity index (χ2v) is 10.9. The number of nitrogens with one attached hydrogen (secondary N) is 2. The molecule has 0 bridgehead atoms. The Balaban J connectivity index is 1.35. The summed E-state index contributed by atoms with van der Waals surface area (Å²) in [6.07, 6.45) is 0.842. The molecule has 1 aliphatic heterocycles. The van der Waals surface area contributed by atoms with Crippen LogP contribution in [0.2, 0.25) is 0 Å². The Kier molecular flexibility index (Phi) is 6.98. The number of rotatable bonds is 8. The molecule has 9 nitrogen and oxygen atoms in total. The van der Waals surface area contributed by atoms with Gasteiger partial charge in [-0.15, -0.1) is 0 Å². The number of benzene rings is 2. The lowest BCUT2D eigenvalue weighted by Gasteiger charge is -2.38. The molecule has 0 unspecified atom stereocenters. The minimum Gasteiger partial charge on any atom is -0.492 e. The van der Waals surface area contributed by atoms with Crippen molar-refractivity contribution in [3.63, 3.8) is 0 Å². The summed E-state index contributed by atoms with van der Waals surface area (Å²) < 4.78 is 35.2. The number of pyridine rings is 1. The Morgan fingerprint density at radius 1 is 1.15 bits per heavy atom. The largest absolute Gasteiger partial charge is 0.492 e. The van der Waals surface area contributed by atoms with E-state index in [0.29, 0.717) is 36.4 Å². The highest BCUT2D eigenvalue weighted by atomic mass is 19.3. The summed E-state index contributed by atoms with van der Waals surface area (Å²) in [4.78, 5) is 27.2. The molecule has 0 saturated heterocycles. The molecule has 6 rings (SSSR count). The Morgan fingerprint density at radius 3 is 2.66 bits per heavy atom. The third kappa shape index (κ3) is 5.41. The van der Waals surface area contributed by atoms with Crippen molar-refractivity contribution in [2.75, 3.05) is 55.9 Å². The van der Waals surface area contributed by atoms with E-state index in [-0.39, 0.29) is 11.5 Å². The topological polar surface area (TPSA) is 87.6 Å². The zero-order chi connectivity index (χ0) is 28.7. The number of halogens is 2. The van der Waals surface area contributed by atoms with E-state index in [1.807, 2.05) is 73.3 Å². The van der Waals surface area contributed by atoms with Crippen LogP contribution in [-0.2, 0) is 0 Å². The maximum Gasteiger partial charge on any atom is 0.276 e. The Morgan fingerprint density at radius 2 is 1.93 bits per heavy atom. The molecule has 2 aromatic heterocycles. The highest BCUT2D eigenvalue weighted by molar-refractivity contribution is 5.85. The van der Waals surface area contributed by atoms with E-state index < -0.39 is 24.8 Å². The predicted octanol–water partition coefficient (Wildman–Crippen LogP) is 5.32. The quantitative estimate of drug-likeness (QED) is 0.299. The molecule has 11 heteroatoms. The molecule has 0 spiro atoms. The molecule has 1 saturated carbocycles. The number of hydrogen-bond acceptors (Lipinski definition) is 8. The van der Waals surface area contributed by atoms with E-state index >= 15 is 0 Å². The molecule has 4 aromatic rings. The number of hydrogen-bond donors (Lipinski definition) is 2. The minimum absolute atomic E-state index is 0.272. The van der Waals surface area contributed by atoms with Crippen molar-refractivity contribution in [3.8, 4) is 5.75 Å². The molecule has 41 heavy (non-hydrogen) atoms. The van der Waals surface area contributed by atoms with Crippen molar-refractivity contribution in [2.45, 2.75) is 31.7 Å². The second kappa shape index (κ2) is 10.6. The summed E-state index contributed by atoms with van der Waals surface area (Å²) in [7, 11) is 3.98. The third-order valence-electron chi connectivity index (χ3n) is 7.58. The predicted molar refractivity (Wildman–Crippen MR) is 157 cm³/mol. The number of aryl methyl sites for hydroxylation is 1. The van der Waals surface area contributed by atoms with Gasteiger partial charge in [0.15, 0.2) is 0 Å². The fourth-order valence-electron chi connectivity index (χ4n) is 5.39. The van der Waals surface area contributed by atoms with Gasteiger partial charge in [0.2, 0.25) is 5.95 Å². The van der Waals surface area contributed by atoms with Crippen LogP contribution in [-0.4, -0.2) is 65.7 Å². The van der Waals surface area contributed by atoms with Crippen LogP contribution in [0.25, 0.3) is 11.0 Å². The summed E-state index contributed by atoms with van der Waals surface area (Å²) in [6, 6.07) is 14.4. The normalized spacial score (nSPS) is 16.3. The second-order valence-electron chi connectivity index (χ2n) is 10.9. The maximum absolute atomic E-state index is 14.0. The summed E-state index contributed by atoms with van der Waals surface area (Å²) in [5, 5.41) is 7.19. The molecule has 214 valence electrons. The minimum atomic E-state index is -2.80. The fraction of sp³-hybridized carbons (Fsp3) is 0.367. The van der Waals surface area contributed by atoms with E-state index in [9.17, 15) is 13.6 Å². The first kappa shape index (κ1) is 26.9. The molecule has 0 radical (unpaired) electrons. The van der Waals surface area contributed by atoms with Gasteiger partial charge in [-0.3, -0.25) is 9.36 Å². The van der Waals surface area contributed by atoms with Crippen LogP contribution in [0.4, 0.5) is 37.5 Å². The number of likely N-dealkylation sites (N-methyl/N-ethyl adjacent to an activating group) is 1. The summed E-state index contributed by atoms with van der Waals surface area (Å²) in [5.74, 6) is -1.78. The lowest BCUT2D eigenvalue weighted by Crippen LogP contribution is -2.43. The number of ether oxygens (including phenoxy) is 1. The number of aromatic nitrogens is 3. The molecule has 2 aliphatic rings. The first-order valence-electron chi connectivity index (χ1n) is 13.7. The molecule has 1 aliphatic carbocycles. The van der Waals surface area contributed by atoms with Crippen LogP contribution in [0, 0.1) is 6.92 Å². The number of alkyl halides is 2. The monoisotopic (exact) mass is 561 g/mol. The molecule has 0 atom stereocenters. The van der Waals surface area contributed by atoms with E-state index in [2.05, 4.69) is 20.6 Å². The highest BCUT2D eigenvalue weighted by Crippen LogP contribution is 2.46. The van der Waals surface area contributed by atoms with Gasteiger partial charge in [-0.25, -0.2) is 13.8 Å². The third-order valence-corrected chi connectivity index (χ3v) is 7.58. The zero-order valence-corrected chi connectivity index (χ0v) is 23.3. The summed E-state index contributed by atoms with van der Waals surface area (Å²) in [6.45, 7) is 4.61. The first-order valence-corrected chi connectivity index (χ1v) is 13.7. The van der Waals surface area contributed by atoms with E-state index in [0.717, 1.165) is 34.9 Å². The molecular weight excluding hydrogens is 528 g/mol. The van der Waals surface area contributed by atoms with Gasteiger partial charge in [0.05, 0.1) is 17.4 Å². The Labute approximate surface area is 236 Å². The van der Waals surface area contributed by atoms with Gasteiger partial charge in [-0.1, -0.05) is 12.1 Å². The van der Waals surface area contributed by atoms with Crippen LogP contribution in [0.3, 0.4) is 0 Å². The smallest absolute Gasteiger partial charge is 0.276 e. The van der Waals surface area contributed by atoms with Crippen LogP contribution < -0.4 is 25.8 Å². The fourth-order valence-corrected chi connectivity index (χ4v) is 5.39. The van der Waals surface area contributed by atoms with E-state index in [1.165, 1.54) is 4.57 Å². The lowest BCUT2D eigenvalue weighted by molar-refractivity contribution is -0.104. The molecule has 0 amide bonds. The molecule has 2 N–H and O–H groups in total. The maximum atomic E-state index is 14.0. The number of para-hydroxylation sites is 1. The Bertz CT molecular complexity index is 1630. The number of nitrogens with zero attached hydrogens (tertiary/aromatic N) is 5. The molecule has 1 fully saturated rings. The van der Waals surface area contributed by atoms with Crippen molar-refractivity contribution in [1.29, 1.82) is 0 Å². The van der Waals surface area contributed by atoms with E-state index in [1.54, 1.807) is 12.3 Å². The van der Waals surface area contributed by atoms with Gasteiger partial charge < -0.3 is 25.2 Å². The molecular formula is C30H33F2N7O2. The van der Waals surface area contributed by atoms with Gasteiger partial charge in [0.1, 0.15) is 23.7 Å². The highest BCUT2D eigenvalue weighted by Gasteiger charge is 2.47. The molecule has 2 aromatic carbocycles. The summed E-state index contributed by atoms with van der Waals surface area (Å²) >= 11 is 0. The lowest BCUT2D eigenvalue weighted by atomic mass is 9.87. The Hall–Kier alpha value is -4.25. The van der Waals surface area contributed by atoms with Gasteiger partial charge in [-0.05, 0) is 63.0 Å². The van der Waals surface area contributed by atoms with Gasteiger partial charge in [0.25, 0.3) is 11.5 Å². The van der Waals surface area contributed by atoms with Crippen LogP contribution in [0.1, 0.15) is 24.4 Å². The van der Waals surface area contributed by atoms with Crippen LogP contribution in [0.5, 0.6) is 5.75 Å². The summed E-state index contributed by atoms with van der Waals surface area (Å²) in [5.41, 5.74) is 4.07. The van der Waals surface area contributed by atoms with Crippen molar-refractivity contribution in [2.24, 2.45) is 0 Å². The van der Waals surface area contributed by atoms with Crippen molar-refractivity contribution in [1.82, 2.24) is 19.4 Å². The molecule has 3 heterocycles. The van der Waals surface area contributed by atoms with Crippen LogP contribution in [0.15, 0.2) is 59.5 Å². The van der Waals surface area contributed by atoms with Gasteiger partial charge >= 0.3 is 0 Å². The van der Waals surface area contributed by atoms with Gasteiger partial charge in [0, 0.05) is 49.7 Å². The van der Waals surface area contributed by atoms with Gasteiger partial charge in [-0.2, -0.15) is 4.98 Å². The standard InChI is InChI=1S/C30H33F2N7O2/c1-19-5-4-6-24-26(19)33-11-12-38(24)25-15-20-18-34-29(35-21-7-9-23(10-8-21)41-14-13-37(2)3)36-27(20)39(28(25)40)22-16-30(31,32)17-22/h4-10,15,18,22,33H,11-14,16-17H2,1-3H3,(H,34,35,36).